The number of hydrogen-bond acceptors (Lipinski definition) is 9. The predicted molar refractivity (Wildman–Crippen MR) is 80.1 cm³/mol. The zero-order valence-corrected chi connectivity index (χ0v) is 13.9. The van der Waals surface area contributed by atoms with E-state index >= 15 is 0 Å². The van der Waals surface area contributed by atoms with Gasteiger partial charge in [0.2, 0.25) is 0 Å². The van der Waals surface area contributed by atoms with Crippen LogP contribution in [0.4, 0.5) is 4.79 Å². The molecule has 0 aliphatic rings. The number of ketones is 1. The van der Waals surface area contributed by atoms with Crippen LogP contribution in [0, 0.1) is 6.92 Å². The SMILES string of the molecule is CCOC(=O)CCC(=O)C(C)SC(=O)OCc1oc(=O)oc1C. The smallest absolute Gasteiger partial charge is 0.466 e. The molecule has 0 radical (unpaired) electrons. The summed E-state index contributed by atoms with van der Waals surface area (Å²) < 4.78 is 18.9. The molecular formula is C14H18O8S. The molecule has 1 heterocycles. The molecule has 1 unspecified atom stereocenters. The van der Waals surface area contributed by atoms with Crippen molar-refractivity contribution in [3.8, 4) is 0 Å². The van der Waals surface area contributed by atoms with Crippen LogP contribution in [-0.2, 0) is 25.7 Å². The highest BCUT2D eigenvalue weighted by Crippen LogP contribution is 2.18. The largest absolute Gasteiger partial charge is 0.519 e. The van der Waals surface area contributed by atoms with Gasteiger partial charge < -0.3 is 18.3 Å². The quantitative estimate of drug-likeness (QED) is 0.653. The molecule has 0 aromatic carbocycles. The van der Waals surface area contributed by atoms with Crippen molar-refractivity contribution in [2.24, 2.45) is 0 Å². The summed E-state index contributed by atoms with van der Waals surface area (Å²) in [5.74, 6) is -1.24. The van der Waals surface area contributed by atoms with Gasteiger partial charge in [0.1, 0.15) is 5.78 Å². The van der Waals surface area contributed by atoms with Crippen LogP contribution in [0.1, 0.15) is 38.2 Å². The fraction of sp³-hybridized carbons (Fsp3) is 0.571. The van der Waals surface area contributed by atoms with Crippen molar-refractivity contribution < 1.29 is 32.7 Å². The number of esters is 1. The Labute approximate surface area is 136 Å². The molecule has 23 heavy (non-hydrogen) atoms. The van der Waals surface area contributed by atoms with E-state index < -0.39 is 22.3 Å². The summed E-state index contributed by atoms with van der Waals surface area (Å²) in [7, 11) is 0. The first-order valence-corrected chi connectivity index (χ1v) is 7.82. The van der Waals surface area contributed by atoms with E-state index in [-0.39, 0.29) is 43.4 Å². The maximum Gasteiger partial charge on any atom is 0.519 e. The summed E-state index contributed by atoms with van der Waals surface area (Å²) in [6.45, 7) is 4.73. The molecule has 1 atom stereocenters. The number of hydrogen-bond donors (Lipinski definition) is 0. The molecule has 0 bridgehead atoms. The Hall–Kier alpha value is -2.03. The van der Waals surface area contributed by atoms with Gasteiger partial charge in [-0.15, -0.1) is 0 Å². The van der Waals surface area contributed by atoms with Crippen molar-refractivity contribution in [3.05, 3.63) is 22.1 Å². The van der Waals surface area contributed by atoms with Crippen LogP contribution in [0.2, 0.25) is 0 Å². The predicted octanol–water partition coefficient (Wildman–Crippen LogP) is 2.21. The van der Waals surface area contributed by atoms with Crippen LogP contribution in [0.5, 0.6) is 0 Å². The first-order valence-electron chi connectivity index (χ1n) is 6.94. The number of rotatable bonds is 8. The molecule has 1 aromatic rings. The fourth-order valence-electron chi connectivity index (χ4n) is 1.54. The lowest BCUT2D eigenvalue weighted by atomic mass is 10.2. The van der Waals surface area contributed by atoms with E-state index in [9.17, 15) is 19.2 Å². The molecule has 9 heteroatoms. The summed E-state index contributed by atoms with van der Waals surface area (Å²) in [6.07, 6.45) is -0.0258. The van der Waals surface area contributed by atoms with Gasteiger partial charge in [-0.25, -0.2) is 9.59 Å². The minimum absolute atomic E-state index is 0.00397. The summed E-state index contributed by atoms with van der Waals surface area (Å²) in [4.78, 5) is 45.4. The summed E-state index contributed by atoms with van der Waals surface area (Å²) in [6, 6.07) is 0. The molecule has 0 spiro atoms. The van der Waals surface area contributed by atoms with Gasteiger partial charge in [0.15, 0.2) is 18.1 Å². The molecule has 128 valence electrons. The van der Waals surface area contributed by atoms with Crippen LogP contribution in [0.3, 0.4) is 0 Å². The van der Waals surface area contributed by atoms with Crippen molar-refractivity contribution in [1.82, 2.24) is 0 Å². The normalized spacial score (nSPS) is 11.8. The van der Waals surface area contributed by atoms with Crippen LogP contribution in [0.25, 0.3) is 0 Å². The highest BCUT2D eigenvalue weighted by Gasteiger charge is 2.20. The van der Waals surface area contributed by atoms with Gasteiger partial charge in [0, 0.05) is 6.42 Å². The highest BCUT2D eigenvalue weighted by molar-refractivity contribution is 8.14. The highest BCUT2D eigenvalue weighted by atomic mass is 32.2. The van der Waals surface area contributed by atoms with Gasteiger partial charge >= 0.3 is 17.1 Å². The standard InChI is InChI=1S/C14H18O8S/c1-4-19-12(16)6-5-10(15)9(3)23-14(18)20-7-11-8(2)21-13(17)22-11/h9H,4-7H2,1-3H3. The molecule has 0 aliphatic carbocycles. The minimum atomic E-state index is -0.872. The van der Waals surface area contributed by atoms with E-state index in [1.165, 1.54) is 6.92 Å². The van der Waals surface area contributed by atoms with Crippen molar-refractivity contribution in [2.75, 3.05) is 6.61 Å². The lowest BCUT2D eigenvalue weighted by Gasteiger charge is -2.09. The molecule has 0 aliphatic heterocycles. The second-order valence-corrected chi connectivity index (χ2v) is 5.78. The number of aryl methyl sites for hydroxylation is 1. The second-order valence-electron chi connectivity index (χ2n) is 4.50. The van der Waals surface area contributed by atoms with Gasteiger partial charge in [-0.3, -0.25) is 9.59 Å². The van der Waals surface area contributed by atoms with E-state index in [2.05, 4.69) is 8.83 Å². The average Bonchev–Trinajstić information content (AvgIpc) is 2.80. The Morgan fingerprint density at radius 3 is 2.43 bits per heavy atom. The summed E-state index contributed by atoms with van der Waals surface area (Å²) in [5.41, 5.74) is 0. The Bertz CT molecular complexity index is 615. The van der Waals surface area contributed by atoms with Crippen molar-refractivity contribution >= 4 is 28.8 Å². The zero-order valence-electron chi connectivity index (χ0n) is 13.1. The van der Waals surface area contributed by atoms with Gasteiger partial charge in [-0.2, -0.15) is 0 Å². The monoisotopic (exact) mass is 346 g/mol. The van der Waals surface area contributed by atoms with Crippen LogP contribution in [0.15, 0.2) is 13.6 Å². The zero-order chi connectivity index (χ0) is 17.4. The number of carbonyl (C=O) groups excluding carboxylic acids is 3. The van der Waals surface area contributed by atoms with E-state index in [0.717, 1.165) is 0 Å². The second kappa shape index (κ2) is 9.19. The summed E-state index contributed by atoms with van der Waals surface area (Å²) >= 11 is 0.691. The third-order valence-electron chi connectivity index (χ3n) is 2.76. The van der Waals surface area contributed by atoms with Gasteiger partial charge in [-0.05, 0) is 32.5 Å². The third kappa shape index (κ3) is 6.72. The number of Topliss-reactive ketones (excluding diaryl/α,β-unsaturated/α-hetero) is 1. The molecule has 1 aromatic heterocycles. The van der Waals surface area contributed by atoms with Crippen molar-refractivity contribution in [3.63, 3.8) is 0 Å². The summed E-state index contributed by atoms with van der Waals surface area (Å²) in [5, 5.41) is -1.35. The number of carbonyl (C=O) groups is 3. The Morgan fingerprint density at radius 1 is 1.17 bits per heavy atom. The van der Waals surface area contributed by atoms with Gasteiger partial charge in [-0.1, -0.05) is 0 Å². The van der Waals surface area contributed by atoms with Crippen molar-refractivity contribution in [2.45, 2.75) is 45.5 Å². The molecule has 0 saturated carbocycles. The molecule has 0 saturated heterocycles. The van der Waals surface area contributed by atoms with Gasteiger partial charge in [0.05, 0.1) is 18.3 Å². The van der Waals surface area contributed by atoms with E-state index in [4.69, 9.17) is 9.47 Å². The average molecular weight is 346 g/mol. The molecule has 8 nitrogen and oxygen atoms in total. The molecule has 1 rings (SSSR count). The Kier molecular flexibility index (Phi) is 7.60. The number of ether oxygens (including phenoxy) is 2. The number of thioether (sulfide) groups is 1. The van der Waals surface area contributed by atoms with Crippen LogP contribution in [-0.4, -0.2) is 28.9 Å². The third-order valence-corrected chi connectivity index (χ3v) is 3.69. The molecule has 0 fully saturated rings. The van der Waals surface area contributed by atoms with Crippen LogP contribution < -0.4 is 5.82 Å². The van der Waals surface area contributed by atoms with E-state index in [1.807, 2.05) is 0 Å². The van der Waals surface area contributed by atoms with Gasteiger partial charge in [0.25, 0.3) is 0 Å². The lowest BCUT2D eigenvalue weighted by Crippen LogP contribution is -2.18. The van der Waals surface area contributed by atoms with Crippen LogP contribution >= 0.6 is 11.8 Å². The molecule has 0 amide bonds. The maximum atomic E-state index is 11.8. The van der Waals surface area contributed by atoms with Crippen molar-refractivity contribution in [1.29, 1.82) is 0 Å². The molecular weight excluding hydrogens is 328 g/mol. The maximum absolute atomic E-state index is 11.8. The lowest BCUT2D eigenvalue weighted by molar-refractivity contribution is -0.144. The first-order chi connectivity index (χ1) is 10.8. The van der Waals surface area contributed by atoms with E-state index in [0.29, 0.717) is 11.8 Å². The minimum Gasteiger partial charge on any atom is -0.466 e. The van der Waals surface area contributed by atoms with E-state index in [1.54, 1.807) is 13.8 Å². The fourth-order valence-corrected chi connectivity index (χ4v) is 2.20. The molecule has 0 N–H and O–H groups in total. The topological polar surface area (TPSA) is 113 Å². The Morgan fingerprint density at radius 2 is 1.87 bits per heavy atom. The first kappa shape index (κ1) is 19.0. The Balaban J connectivity index is 2.35.